The van der Waals surface area contributed by atoms with Crippen molar-refractivity contribution in [3.8, 4) is 0 Å². The molecule has 1 aromatic rings. The third-order valence-corrected chi connectivity index (χ3v) is 5.28. The van der Waals surface area contributed by atoms with Gasteiger partial charge in [0.1, 0.15) is 28.7 Å². The molecule has 0 aromatic heterocycles. The van der Waals surface area contributed by atoms with Gasteiger partial charge in [-0.05, 0) is 19.9 Å². The Balaban J connectivity index is 2.42. The lowest BCUT2D eigenvalue weighted by Crippen LogP contribution is -2.50. The maximum atomic E-state index is 13.8. The van der Waals surface area contributed by atoms with E-state index in [4.69, 9.17) is 24.7 Å². The van der Waals surface area contributed by atoms with Crippen LogP contribution in [0.25, 0.3) is 0 Å². The van der Waals surface area contributed by atoms with Gasteiger partial charge in [0.2, 0.25) is 11.8 Å². The molecular weight excluding hydrogens is 420 g/mol. The summed E-state index contributed by atoms with van der Waals surface area (Å²) < 4.78 is 20.7. The Morgan fingerprint density at radius 3 is 2.34 bits per heavy atom. The van der Waals surface area contributed by atoms with Gasteiger partial charge < -0.3 is 29.6 Å². The normalized spacial score (nSPS) is 19.6. The number of anilines is 1. The minimum Gasteiger partial charge on any atom is -0.466 e. The van der Waals surface area contributed by atoms with E-state index in [-0.39, 0.29) is 30.1 Å². The number of para-hydroxylation sites is 1. The van der Waals surface area contributed by atoms with E-state index >= 15 is 0 Å². The Morgan fingerprint density at radius 2 is 1.72 bits per heavy atom. The standard InChI is InChI=1S/C22H24N2O8/c1-5-30-15(25)11-14-16(20(27)31-6-2)22(17(18(23)32-14)19(26)29-4)12-9-7-8-10-13(12)24(3)21(22)28/h7-10H,5-6,11,23H2,1-4H3/t22-/m1/s1. The van der Waals surface area contributed by atoms with Crippen LogP contribution in [0.5, 0.6) is 0 Å². The fraction of sp³-hybridized carbons (Fsp3) is 0.364. The molecule has 2 aliphatic rings. The van der Waals surface area contributed by atoms with Crippen LogP contribution in [0, 0.1) is 0 Å². The van der Waals surface area contributed by atoms with Gasteiger partial charge in [0.05, 0.1) is 20.3 Å². The van der Waals surface area contributed by atoms with Crippen LogP contribution in [0.15, 0.2) is 47.1 Å². The quantitative estimate of drug-likeness (QED) is 0.504. The Hall–Kier alpha value is -3.82. The lowest BCUT2D eigenvalue weighted by Gasteiger charge is -2.36. The van der Waals surface area contributed by atoms with E-state index in [9.17, 15) is 19.2 Å². The summed E-state index contributed by atoms with van der Waals surface area (Å²) in [5.41, 5.74) is 4.16. The van der Waals surface area contributed by atoms with Crippen molar-refractivity contribution in [1.29, 1.82) is 0 Å². The molecule has 2 aliphatic heterocycles. The van der Waals surface area contributed by atoms with E-state index in [2.05, 4.69) is 0 Å². The highest BCUT2D eigenvalue weighted by Crippen LogP contribution is 2.54. The Labute approximate surface area is 184 Å². The number of nitrogens with zero attached hydrogens (tertiary/aromatic N) is 1. The molecule has 32 heavy (non-hydrogen) atoms. The molecule has 0 saturated carbocycles. The van der Waals surface area contributed by atoms with Crippen LogP contribution in [0.1, 0.15) is 25.8 Å². The summed E-state index contributed by atoms with van der Waals surface area (Å²) in [5.74, 6) is -3.93. The van der Waals surface area contributed by atoms with E-state index in [0.29, 0.717) is 11.3 Å². The Bertz CT molecular complexity index is 1060. The van der Waals surface area contributed by atoms with Crippen molar-refractivity contribution in [2.45, 2.75) is 25.7 Å². The van der Waals surface area contributed by atoms with E-state index in [0.717, 1.165) is 7.11 Å². The van der Waals surface area contributed by atoms with Crippen LogP contribution in [0.3, 0.4) is 0 Å². The van der Waals surface area contributed by atoms with Crippen molar-refractivity contribution in [3.63, 3.8) is 0 Å². The number of rotatable bonds is 6. The van der Waals surface area contributed by atoms with Crippen LogP contribution >= 0.6 is 0 Å². The number of hydrogen-bond acceptors (Lipinski definition) is 9. The van der Waals surface area contributed by atoms with Crippen molar-refractivity contribution >= 4 is 29.5 Å². The van der Waals surface area contributed by atoms with Gasteiger partial charge in [-0.2, -0.15) is 0 Å². The van der Waals surface area contributed by atoms with Crippen LogP contribution < -0.4 is 10.6 Å². The van der Waals surface area contributed by atoms with E-state index in [1.54, 1.807) is 38.1 Å². The number of ether oxygens (including phenoxy) is 4. The summed E-state index contributed by atoms with van der Waals surface area (Å²) in [7, 11) is 2.62. The fourth-order valence-corrected chi connectivity index (χ4v) is 4.09. The van der Waals surface area contributed by atoms with Crippen LogP contribution in [-0.2, 0) is 43.5 Å². The number of nitrogens with two attached hydrogens (primary N) is 1. The number of methoxy groups -OCH3 is 1. The van der Waals surface area contributed by atoms with Gasteiger partial charge in [-0.25, -0.2) is 9.59 Å². The number of fused-ring (bicyclic) bond motifs is 2. The van der Waals surface area contributed by atoms with Gasteiger partial charge in [0.25, 0.3) is 0 Å². The van der Waals surface area contributed by atoms with E-state index in [1.807, 2.05) is 0 Å². The molecule has 2 N–H and O–H groups in total. The Kier molecular flexibility index (Phi) is 6.24. The van der Waals surface area contributed by atoms with Crippen molar-refractivity contribution in [2.75, 3.05) is 32.3 Å². The number of likely N-dealkylation sites (N-methyl/N-ethyl adjacent to an activating group) is 1. The third kappa shape index (κ3) is 3.28. The molecule has 0 fully saturated rings. The van der Waals surface area contributed by atoms with Gasteiger partial charge in [-0.3, -0.25) is 9.59 Å². The molecule has 2 heterocycles. The van der Waals surface area contributed by atoms with Crippen LogP contribution in [0.2, 0.25) is 0 Å². The number of hydrogen-bond donors (Lipinski definition) is 1. The van der Waals surface area contributed by atoms with Crippen molar-refractivity contribution in [3.05, 3.63) is 52.6 Å². The summed E-state index contributed by atoms with van der Waals surface area (Å²) in [6.07, 6.45) is -0.502. The number of carbonyl (C=O) groups excluding carboxylic acids is 4. The number of amides is 1. The SMILES string of the molecule is CCOC(=O)CC1=C(C(=O)OCC)[C@@]2(C(=O)N(C)c3ccccc32)C(C(=O)OC)=C(N)O1. The number of benzene rings is 1. The maximum Gasteiger partial charge on any atom is 0.340 e. The number of esters is 3. The zero-order valence-electron chi connectivity index (χ0n) is 18.2. The summed E-state index contributed by atoms with van der Waals surface area (Å²) in [5, 5.41) is 0. The monoisotopic (exact) mass is 444 g/mol. The average molecular weight is 444 g/mol. The molecule has 1 amide bonds. The summed E-state index contributed by atoms with van der Waals surface area (Å²) in [4.78, 5) is 53.5. The predicted molar refractivity (Wildman–Crippen MR) is 111 cm³/mol. The van der Waals surface area contributed by atoms with Crippen molar-refractivity contribution in [1.82, 2.24) is 0 Å². The third-order valence-electron chi connectivity index (χ3n) is 5.28. The molecule has 10 nitrogen and oxygen atoms in total. The zero-order valence-corrected chi connectivity index (χ0v) is 18.2. The van der Waals surface area contributed by atoms with Crippen LogP contribution in [0.4, 0.5) is 5.69 Å². The molecule has 1 atom stereocenters. The molecule has 0 saturated heterocycles. The van der Waals surface area contributed by atoms with Crippen LogP contribution in [-0.4, -0.2) is 51.2 Å². The Morgan fingerprint density at radius 1 is 1.06 bits per heavy atom. The summed E-state index contributed by atoms with van der Waals surface area (Å²) >= 11 is 0. The molecule has 0 radical (unpaired) electrons. The number of carbonyl (C=O) groups is 4. The second-order valence-corrected chi connectivity index (χ2v) is 6.96. The molecule has 1 spiro atoms. The zero-order chi connectivity index (χ0) is 23.6. The summed E-state index contributed by atoms with van der Waals surface area (Å²) in [6, 6.07) is 6.62. The minimum absolute atomic E-state index is 0.0243. The topological polar surface area (TPSA) is 134 Å². The highest BCUT2D eigenvalue weighted by atomic mass is 16.5. The summed E-state index contributed by atoms with van der Waals surface area (Å²) in [6.45, 7) is 3.28. The lowest BCUT2D eigenvalue weighted by molar-refractivity contribution is -0.143. The minimum atomic E-state index is -2.02. The van der Waals surface area contributed by atoms with Gasteiger partial charge >= 0.3 is 17.9 Å². The van der Waals surface area contributed by atoms with Gasteiger partial charge in [-0.1, -0.05) is 18.2 Å². The smallest absolute Gasteiger partial charge is 0.340 e. The van der Waals surface area contributed by atoms with Gasteiger partial charge in [0.15, 0.2) is 0 Å². The first-order valence-corrected chi connectivity index (χ1v) is 9.95. The molecule has 10 heteroatoms. The average Bonchev–Trinajstić information content (AvgIpc) is 2.96. The van der Waals surface area contributed by atoms with Gasteiger partial charge in [0, 0.05) is 18.3 Å². The molecule has 0 aliphatic carbocycles. The molecule has 0 bridgehead atoms. The molecule has 170 valence electrons. The second kappa shape index (κ2) is 8.74. The highest BCUT2D eigenvalue weighted by molar-refractivity contribution is 6.22. The predicted octanol–water partition coefficient (Wildman–Crippen LogP) is 1.04. The first kappa shape index (κ1) is 22.9. The lowest BCUT2D eigenvalue weighted by atomic mass is 9.67. The largest absolute Gasteiger partial charge is 0.466 e. The molecular formula is C22H24N2O8. The van der Waals surface area contributed by atoms with Crippen molar-refractivity contribution < 1.29 is 38.1 Å². The molecule has 1 aromatic carbocycles. The maximum absolute atomic E-state index is 13.8. The molecule has 3 rings (SSSR count). The second-order valence-electron chi connectivity index (χ2n) is 6.96. The van der Waals surface area contributed by atoms with Crippen molar-refractivity contribution in [2.24, 2.45) is 5.73 Å². The first-order valence-electron chi connectivity index (χ1n) is 9.95. The highest BCUT2D eigenvalue weighted by Gasteiger charge is 2.63. The van der Waals surface area contributed by atoms with E-state index in [1.165, 1.54) is 11.9 Å². The fourth-order valence-electron chi connectivity index (χ4n) is 4.09. The van der Waals surface area contributed by atoms with Gasteiger partial charge in [-0.15, -0.1) is 0 Å². The molecule has 0 unspecified atom stereocenters. The van der Waals surface area contributed by atoms with E-state index < -0.39 is 41.5 Å². The first-order chi connectivity index (χ1) is 15.2.